The van der Waals surface area contributed by atoms with E-state index >= 15 is 0 Å². The molecule has 0 aromatic carbocycles. The second-order valence-corrected chi connectivity index (χ2v) is 6.87. The van der Waals surface area contributed by atoms with E-state index in [1.54, 1.807) is 4.90 Å². The summed E-state index contributed by atoms with van der Waals surface area (Å²) in [6, 6.07) is 0. The maximum absolute atomic E-state index is 12.0. The van der Waals surface area contributed by atoms with E-state index in [1.807, 2.05) is 20.8 Å². The minimum absolute atomic E-state index is 0.0974. The lowest BCUT2D eigenvalue weighted by Crippen LogP contribution is -2.41. The van der Waals surface area contributed by atoms with Gasteiger partial charge in [0.25, 0.3) is 0 Å². The summed E-state index contributed by atoms with van der Waals surface area (Å²) in [4.78, 5) is 25.5. The van der Waals surface area contributed by atoms with Crippen molar-refractivity contribution in [2.24, 2.45) is 17.8 Å². The molecule has 1 aliphatic heterocycles. The summed E-state index contributed by atoms with van der Waals surface area (Å²) < 4.78 is 17.3. The molecular weight excluding hydrogens is 277 g/mol. The molecule has 120 valence electrons. The standard InChI is InChI=1S/C14H24FN3O3/c1-14(2,3)21-13(20)18-6-10-4-9(5-11(10)7-18)12(19)17-16-8-15/h9-11,16H,4-8H2,1-3H3,(H,17,19). The Morgan fingerprint density at radius 1 is 1.24 bits per heavy atom. The zero-order valence-electron chi connectivity index (χ0n) is 12.8. The topological polar surface area (TPSA) is 70.7 Å². The number of carbonyl (C=O) groups is 2. The number of ether oxygens (including phenoxy) is 1. The van der Waals surface area contributed by atoms with Crippen LogP contribution in [0.25, 0.3) is 0 Å². The molecule has 21 heavy (non-hydrogen) atoms. The van der Waals surface area contributed by atoms with Gasteiger partial charge in [-0.15, -0.1) is 0 Å². The average Bonchev–Trinajstić information content (AvgIpc) is 2.91. The zero-order chi connectivity index (χ0) is 15.6. The molecule has 2 rings (SSSR count). The average molecular weight is 301 g/mol. The Morgan fingerprint density at radius 3 is 2.29 bits per heavy atom. The van der Waals surface area contributed by atoms with Gasteiger partial charge in [-0.25, -0.2) is 14.6 Å². The van der Waals surface area contributed by atoms with Crippen molar-refractivity contribution in [1.29, 1.82) is 0 Å². The van der Waals surface area contributed by atoms with Gasteiger partial charge in [-0.3, -0.25) is 10.2 Å². The van der Waals surface area contributed by atoms with E-state index in [0.29, 0.717) is 24.9 Å². The molecule has 1 saturated heterocycles. The summed E-state index contributed by atoms with van der Waals surface area (Å²) in [7, 11) is 0. The third-order valence-electron chi connectivity index (χ3n) is 4.05. The molecule has 0 spiro atoms. The van der Waals surface area contributed by atoms with Crippen molar-refractivity contribution in [3.63, 3.8) is 0 Å². The zero-order valence-corrected chi connectivity index (χ0v) is 12.8. The van der Waals surface area contributed by atoms with Crippen LogP contribution in [0.1, 0.15) is 33.6 Å². The van der Waals surface area contributed by atoms with Gasteiger partial charge >= 0.3 is 6.09 Å². The maximum atomic E-state index is 12.0. The molecule has 2 unspecified atom stereocenters. The third kappa shape index (κ3) is 4.06. The highest BCUT2D eigenvalue weighted by atomic mass is 19.1. The number of amides is 2. The van der Waals surface area contributed by atoms with E-state index in [4.69, 9.17) is 4.74 Å². The summed E-state index contributed by atoms with van der Waals surface area (Å²) in [5.74, 6) is 0.406. The van der Waals surface area contributed by atoms with Crippen LogP contribution in [0.5, 0.6) is 0 Å². The number of nitrogens with one attached hydrogen (secondary N) is 2. The minimum atomic E-state index is -0.780. The van der Waals surface area contributed by atoms with Crippen LogP contribution in [0.2, 0.25) is 0 Å². The second kappa shape index (κ2) is 6.17. The summed E-state index contributed by atoms with van der Waals surface area (Å²) >= 11 is 0. The largest absolute Gasteiger partial charge is 0.444 e. The van der Waals surface area contributed by atoms with Crippen LogP contribution >= 0.6 is 0 Å². The van der Waals surface area contributed by atoms with E-state index < -0.39 is 12.4 Å². The monoisotopic (exact) mass is 301 g/mol. The lowest BCUT2D eigenvalue weighted by Gasteiger charge is -2.25. The highest BCUT2D eigenvalue weighted by molar-refractivity contribution is 5.78. The molecule has 0 radical (unpaired) electrons. The Kier molecular flexibility index (Phi) is 4.70. The molecule has 2 fully saturated rings. The fourth-order valence-electron chi connectivity index (χ4n) is 3.21. The number of nitrogens with zero attached hydrogens (tertiary/aromatic N) is 1. The quantitative estimate of drug-likeness (QED) is 0.611. The van der Waals surface area contributed by atoms with Crippen molar-refractivity contribution in [2.45, 2.75) is 39.2 Å². The Balaban J connectivity index is 1.82. The van der Waals surface area contributed by atoms with Crippen LogP contribution in [0.4, 0.5) is 9.18 Å². The van der Waals surface area contributed by atoms with Gasteiger partial charge in [0.05, 0.1) is 0 Å². The van der Waals surface area contributed by atoms with Crippen molar-refractivity contribution in [2.75, 3.05) is 19.9 Å². The van der Waals surface area contributed by atoms with Crippen LogP contribution in [0, 0.1) is 17.8 Å². The van der Waals surface area contributed by atoms with E-state index in [2.05, 4.69) is 10.9 Å². The Bertz CT molecular complexity index is 397. The molecule has 0 aromatic heterocycles. The minimum Gasteiger partial charge on any atom is -0.444 e. The first-order valence-corrected chi connectivity index (χ1v) is 7.36. The second-order valence-electron chi connectivity index (χ2n) is 6.87. The number of carbonyl (C=O) groups excluding carboxylic acids is 2. The van der Waals surface area contributed by atoms with Gasteiger partial charge in [-0.05, 0) is 45.4 Å². The number of likely N-dealkylation sites (tertiary alicyclic amines) is 1. The molecule has 1 saturated carbocycles. The van der Waals surface area contributed by atoms with Crippen molar-refractivity contribution in [3.05, 3.63) is 0 Å². The van der Waals surface area contributed by atoms with Gasteiger partial charge in [0.1, 0.15) is 5.60 Å². The van der Waals surface area contributed by atoms with Crippen LogP contribution in [0.15, 0.2) is 0 Å². The van der Waals surface area contributed by atoms with E-state index in [0.717, 1.165) is 12.8 Å². The first-order chi connectivity index (χ1) is 9.80. The molecule has 0 aromatic rings. The molecule has 1 aliphatic carbocycles. The number of rotatable bonds is 3. The summed E-state index contributed by atoms with van der Waals surface area (Å²) in [5, 5.41) is 0. The van der Waals surface area contributed by atoms with Crippen molar-refractivity contribution < 1.29 is 18.7 Å². The number of hydrogen-bond donors (Lipinski definition) is 2. The first kappa shape index (κ1) is 16.0. The van der Waals surface area contributed by atoms with Crippen molar-refractivity contribution in [1.82, 2.24) is 15.8 Å². The van der Waals surface area contributed by atoms with Crippen LogP contribution < -0.4 is 10.9 Å². The highest BCUT2D eigenvalue weighted by Crippen LogP contribution is 2.41. The molecule has 6 nitrogen and oxygen atoms in total. The molecule has 1 heterocycles. The molecular formula is C14H24FN3O3. The molecule has 7 heteroatoms. The van der Waals surface area contributed by atoms with Gasteiger partial charge in [0.2, 0.25) is 5.91 Å². The Morgan fingerprint density at radius 2 is 1.81 bits per heavy atom. The molecule has 2 aliphatic rings. The van der Waals surface area contributed by atoms with E-state index in [-0.39, 0.29) is 17.9 Å². The lowest BCUT2D eigenvalue weighted by atomic mass is 10.0. The molecule has 2 amide bonds. The number of alkyl halides is 1. The number of hydrogen-bond acceptors (Lipinski definition) is 4. The van der Waals surface area contributed by atoms with Crippen LogP contribution in [-0.4, -0.2) is 42.4 Å². The number of fused-ring (bicyclic) bond motifs is 1. The SMILES string of the molecule is CC(C)(C)OC(=O)N1CC2CC(C(=O)NNCF)CC2C1. The van der Waals surface area contributed by atoms with Crippen LogP contribution in [-0.2, 0) is 9.53 Å². The number of halogens is 1. The van der Waals surface area contributed by atoms with E-state index in [9.17, 15) is 14.0 Å². The first-order valence-electron chi connectivity index (χ1n) is 7.36. The fraction of sp³-hybridized carbons (Fsp3) is 0.857. The lowest BCUT2D eigenvalue weighted by molar-refractivity contribution is -0.126. The predicted octanol–water partition coefficient (Wildman–Crippen LogP) is 1.43. The normalized spacial score (nSPS) is 28.4. The summed E-state index contributed by atoms with van der Waals surface area (Å²) in [5.41, 5.74) is 4.06. The Labute approximate surface area is 124 Å². The summed E-state index contributed by atoms with van der Waals surface area (Å²) in [6.07, 6.45) is 1.20. The Hall–Kier alpha value is -1.37. The maximum Gasteiger partial charge on any atom is 0.410 e. The summed E-state index contributed by atoms with van der Waals surface area (Å²) in [6.45, 7) is 6.04. The van der Waals surface area contributed by atoms with Crippen molar-refractivity contribution >= 4 is 12.0 Å². The molecule has 0 bridgehead atoms. The fourth-order valence-corrected chi connectivity index (χ4v) is 3.21. The third-order valence-corrected chi connectivity index (χ3v) is 4.05. The van der Waals surface area contributed by atoms with Gasteiger partial charge in [0.15, 0.2) is 6.80 Å². The molecule has 2 N–H and O–H groups in total. The number of hydrazine groups is 1. The van der Waals surface area contributed by atoms with Gasteiger partial charge in [-0.1, -0.05) is 0 Å². The highest BCUT2D eigenvalue weighted by Gasteiger charge is 2.45. The van der Waals surface area contributed by atoms with Crippen LogP contribution in [0.3, 0.4) is 0 Å². The van der Waals surface area contributed by atoms with E-state index in [1.165, 1.54) is 0 Å². The predicted molar refractivity (Wildman–Crippen MR) is 74.8 cm³/mol. The van der Waals surface area contributed by atoms with Gasteiger partial charge < -0.3 is 9.64 Å². The molecule has 2 atom stereocenters. The van der Waals surface area contributed by atoms with Gasteiger partial charge in [0, 0.05) is 19.0 Å². The van der Waals surface area contributed by atoms with Gasteiger partial charge in [-0.2, -0.15) is 0 Å². The smallest absolute Gasteiger partial charge is 0.410 e. The van der Waals surface area contributed by atoms with Crippen molar-refractivity contribution in [3.8, 4) is 0 Å².